The summed E-state index contributed by atoms with van der Waals surface area (Å²) in [5.74, 6) is 0.240. The molecule has 2 heterocycles. The van der Waals surface area contributed by atoms with Gasteiger partial charge in [-0.05, 0) is 37.1 Å². The lowest BCUT2D eigenvalue weighted by atomic mass is 10.1. The van der Waals surface area contributed by atoms with Gasteiger partial charge in [0.25, 0.3) is 5.91 Å². The van der Waals surface area contributed by atoms with E-state index in [9.17, 15) is 4.79 Å². The van der Waals surface area contributed by atoms with E-state index in [1.54, 1.807) is 25.4 Å². The Kier molecular flexibility index (Phi) is 4.19. The van der Waals surface area contributed by atoms with Crippen LogP contribution in [0.3, 0.4) is 0 Å². The second kappa shape index (κ2) is 6.44. The number of amides is 1. The lowest BCUT2D eigenvalue weighted by Gasteiger charge is -2.08. The van der Waals surface area contributed by atoms with E-state index >= 15 is 0 Å². The Labute approximate surface area is 134 Å². The van der Waals surface area contributed by atoms with Crippen LogP contribution < -0.4 is 5.32 Å². The largest absolute Gasteiger partial charge is 0.355 e. The number of carbonyl (C=O) groups is 1. The fraction of sp³-hybridized carbons (Fsp3) is 0.167. The summed E-state index contributed by atoms with van der Waals surface area (Å²) in [6, 6.07) is 11.6. The molecular weight excluding hydrogens is 290 g/mol. The van der Waals surface area contributed by atoms with Crippen molar-refractivity contribution in [2.75, 3.05) is 0 Å². The third-order valence-electron chi connectivity index (χ3n) is 3.71. The zero-order valence-electron chi connectivity index (χ0n) is 13.0. The smallest absolute Gasteiger partial charge is 0.257 e. The zero-order chi connectivity index (χ0) is 16.2. The van der Waals surface area contributed by atoms with Gasteiger partial charge in [-0.3, -0.25) is 9.78 Å². The molecule has 0 saturated carbocycles. The summed E-state index contributed by atoms with van der Waals surface area (Å²) >= 11 is 0. The summed E-state index contributed by atoms with van der Waals surface area (Å²) in [5.41, 5.74) is 3.96. The molecular formula is C18H17N3O2. The Bertz CT molecular complexity index is 825. The van der Waals surface area contributed by atoms with Crippen LogP contribution in [-0.4, -0.2) is 16.0 Å². The van der Waals surface area contributed by atoms with Gasteiger partial charge in [-0.2, -0.15) is 0 Å². The normalized spacial score (nSPS) is 10.5. The van der Waals surface area contributed by atoms with Crippen LogP contribution in [0.1, 0.15) is 27.2 Å². The highest BCUT2D eigenvalue weighted by molar-refractivity contribution is 6.00. The summed E-state index contributed by atoms with van der Waals surface area (Å²) in [7, 11) is 0. The molecule has 3 aromatic rings. The highest BCUT2D eigenvalue weighted by Crippen LogP contribution is 2.25. The SMILES string of the molecule is Cc1ccccc1CNC(=O)c1c(C)noc1-c1cccnc1. The van der Waals surface area contributed by atoms with Crippen molar-refractivity contribution in [2.24, 2.45) is 0 Å². The predicted octanol–water partition coefficient (Wildman–Crippen LogP) is 3.28. The minimum atomic E-state index is -0.203. The lowest BCUT2D eigenvalue weighted by molar-refractivity contribution is 0.0950. The molecule has 0 saturated heterocycles. The van der Waals surface area contributed by atoms with Crippen molar-refractivity contribution < 1.29 is 9.32 Å². The monoisotopic (exact) mass is 307 g/mol. The van der Waals surface area contributed by atoms with Gasteiger partial charge in [0.2, 0.25) is 0 Å². The number of pyridine rings is 1. The number of nitrogens with one attached hydrogen (secondary N) is 1. The maximum Gasteiger partial charge on any atom is 0.257 e. The van der Waals surface area contributed by atoms with Crippen molar-refractivity contribution in [3.63, 3.8) is 0 Å². The molecule has 0 fully saturated rings. The van der Waals surface area contributed by atoms with E-state index in [0.717, 1.165) is 16.7 Å². The second-order valence-electron chi connectivity index (χ2n) is 5.32. The molecule has 1 amide bonds. The maximum absolute atomic E-state index is 12.6. The van der Waals surface area contributed by atoms with Crippen molar-refractivity contribution in [3.05, 3.63) is 71.2 Å². The number of aryl methyl sites for hydroxylation is 2. The Morgan fingerprint density at radius 2 is 2.00 bits per heavy atom. The Balaban J connectivity index is 1.83. The fourth-order valence-corrected chi connectivity index (χ4v) is 2.40. The van der Waals surface area contributed by atoms with Gasteiger partial charge in [0.05, 0.1) is 5.69 Å². The van der Waals surface area contributed by atoms with Crippen molar-refractivity contribution in [1.29, 1.82) is 0 Å². The van der Waals surface area contributed by atoms with E-state index in [0.29, 0.717) is 23.6 Å². The molecule has 5 nitrogen and oxygen atoms in total. The molecule has 2 aromatic heterocycles. The first-order valence-electron chi connectivity index (χ1n) is 7.36. The average Bonchev–Trinajstić information content (AvgIpc) is 2.96. The molecule has 0 spiro atoms. The first-order valence-corrected chi connectivity index (χ1v) is 7.36. The van der Waals surface area contributed by atoms with Gasteiger partial charge >= 0.3 is 0 Å². The number of rotatable bonds is 4. The summed E-state index contributed by atoms with van der Waals surface area (Å²) in [6.07, 6.45) is 3.32. The van der Waals surface area contributed by atoms with Crippen molar-refractivity contribution in [2.45, 2.75) is 20.4 Å². The van der Waals surface area contributed by atoms with Crippen LogP contribution in [-0.2, 0) is 6.54 Å². The van der Waals surface area contributed by atoms with Crippen molar-refractivity contribution in [3.8, 4) is 11.3 Å². The first kappa shape index (κ1) is 15.0. The average molecular weight is 307 g/mol. The molecule has 5 heteroatoms. The van der Waals surface area contributed by atoms with Gasteiger partial charge in [0, 0.05) is 24.5 Å². The van der Waals surface area contributed by atoms with Crippen LogP contribution in [0, 0.1) is 13.8 Å². The van der Waals surface area contributed by atoms with Crippen LogP contribution in [0.15, 0.2) is 53.3 Å². The molecule has 0 unspecified atom stereocenters. The molecule has 1 aromatic carbocycles. The van der Waals surface area contributed by atoms with Gasteiger partial charge in [-0.1, -0.05) is 29.4 Å². The highest BCUT2D eigenvalue weighted by atomic mass is 16.5. The fourth-order valence-electron chi connectivity index (χ4n) is 2.40. The summed E-state index contributed by atoms with van der Waals surface area (Å²) in [5, 5.41) is 6.86. The molecule has 116 valence electrons. The highest BCUT2D eigenvalue weighted by Gasteiger charge is 2.21. The molecule has 1 N–H and O–H groups in total. The minimum absolute atomic E-state index is 0.203. The molecule has 0 aliphatic rings. The maximum atomic E-state index is 12.6. The van der Waals surface area contributed by atoms with Gasteiger partial charge in [-0.15, -0.1) is 0 Å². The predicted molar refractivity (Wildman–Crippen MR) is 86.8 cm³/mol. The van der Waals surface area contributed by atoms with Crippen LogP contribution in [0.25, 0.3) is 11.3 Å². The van der Waals surface area contributed by atoms with Crippen molar-refractivity contribution >= 4 is 5.91 Å². The number of nitrogens with zero attached hydrogens (tertiary/aromatic N) is 2. The Morgan fingerprint density at radius 3 is 2.74 bits per heavy atom. The van der Waals surface area contributed by atoms with Crippen LogP contribution in [0.2, 0.25) is 0 Å². The first-order chi connectivity index (χ1) is 11.2. The number of hydrogen-bond acceptors (Lipinski definition) is 4. The number of carbonyl (C=O) groups excluding carboxylic acids is 1. The Morgan fingerprint density at radius 1 is 1.17 bits per heavy atom. The van der Waals surface area contributed by atoms with Crippen molar-refractivity contribution in [1.82, 2.24) is 15.5 Å². The quantitative estimate of drug-likeness (QED) is 0.803. The summed E-state index contributed by atoms with van der Waals surface area (Å²) in [6.45, 7) is 4.24. The summed E-state index contributed by atoms with van der Waals surface area (Å²) < 4.78 is 5.33. The lowest BCUT2D eigenvalue weighted by Crippen LogP contribution is -2.24. The van der Waals surface area contributed by atoms with Crippen LogP contribution in [0.5, 0.6) is 0 Å². The Hall–Kier alpha value is -2.95. The molecule has 0 atom stereocenters. The molecule has 0 aliphatic carbocycles. The molecule has 0 bridgehead atoms. The van der Waals surface area contributed by atoms with E-state index in [4.69, 9.17) is 4.52 Å². The number of hydrogen-bond donors (Lipinski definition) is 1. The molecule has 3 rings (SSSR count). The van der Waals surface area contributed by atoms with Gasteiger partial charge in [0.1, 0.15) is 5.56 Å². The standard InChI is InChI=1S/C18H17N3O2/c1-12-6-3-4-7-14(12)11-20-18(22)16-13(2)21-23-17(16)15-8-5-9-19-10-15/h3-10H,11H2,1-2H3,(H,20,22). The topological polar surface area (TPSA) is 68.0 Å². The van der Waals surface area contributed by atoms with Gasteiger partial charge in [0.15, 0.2) is 5.76 Å². The molecule has 0 radical (unpaired) electrons. The second-order valence-corrected chi connectivity index (χ2v) is 5.32. The van der Waals surface area contributed by atoms with Gasteiger partial charge < -0.3 is 9.84 Å². The van der Waals surface area contributed by atoms with Gasteiger partial charge in [-0.25, -0.2) is 0 Å². The van der Waals surface area contributed by atoms with E-state index in [-0.39, 0.29) is 5.91 Å². The number of benzene rings is 1. The van der Waals surface area contributed by atoms with E-state index in [2.05, 4.69) is 15.5 Å². The third-order valence-corrected chi connectivity index (χ3v) is 3.71. The minimum Gasteiger partial charge on any atom is -0.355 e. The van der Waals surface area contributed by atoms with E-state index in [1.807, 2.05) is 37.3 Å². The van der Waals surface area contributed by atoms with Crippen LogP contribution in [0.4, 0.5) is 0 Å². The van der Waals surface area contributed by atoms with Crippen LogP contribution >= 0.6 is 0 Å². The molecule has 23 heavy (non-hydrogen) atoms. The van der Waals surface area contributed by atoms with E-state index in [1.165, 1.54) is 0 Å². The molecule has 0 aliphatic heterocycles. The van der Waals surface area contributed by atoms with E-state index < -0.39 is 0 Å². The number of aromatic nitrogens is 2. The third kappa shape index (κ3) is 3.13. The zero-order valence-corrected chi connectivity index (χ0v) is 13.0. The summed E-state index contributed by atoms with van der Waals surface area (Å²) in [4.78, 5) is 16.6.